The molecule has 7 heteroatoms. The smallest absolute Gasteiger partial charge is 0.229 e. The normalized spacial score (nSPS) is 18.9. The molecule has 2 aromatic heterocycles. The van der Waals surface area contributed by atoms with Crippen LogP contribution in [-0.4, -0.2) is 38.5 Å². The first kappa shape index (κ1) is 13.5. The quantitative estimate of drug-likeness (QED) is 0.913. The standard InChI is InChI=1S/C15H19N5O2/c1-22-13-4-5-16-15(17-13)19-6-7-20-11(9-19)8-12(18-20)14(21)10-2-3-10/h4-5,8,10,14,21H,2-3,6-7,9H2,1H3/t14-/m0/s1. The van der Waals surface area contributed by atoms with Gasteiger partial charge in [0.2, 0.25) is 11.8 Å². The van der Waals surface area contributed by atoms with Crippen LogP contribution in [-0.2, 0) is 13.1 Å². The minimum atomic E-state index is -0.417. The van der Waals surface area contributed by atoms with Crippen molar-refractivity contribution >= 4 is 5.95 Å². The number of ether oxygens (including phenoxy) is 1. The summed E-state index contributed by atoms with van der Waals surface area (Å²) in [5, 5.41) is 14.8. The zero-order chi connectivity index (χ0) is 15.1. The maximum Gasteiger partial charge on any atom is 0.229 e. The number of hydrogen-bond acceptors (Lipinski definition) is 6. The van der Waals surface area contributed by atoms with Crippen LogP contribution in [0.3, 0.4) is 0 Å². The van der Waals surface area contributed by atoms with Crippen LogP contribution in [0.15, 0.2) is 18.3 Å². The van der Waals surface area contributed by atoms with E-state index >= 15 is 0 Å². The summed E-state index contributed by atoms with van der Waals surface area (Å²) >= 11 is 0. The van der Waals surface area contributed by atoms with Crippen molar-refractivity contribution in [1.82, 2.24) is 19.7 Å². The fraction of sp³-hybridized carbons (Fsp3) is 0.533. The van der Waals surface area contributed by atoms with E-state index in [1.165, 1.54) is 0 Å². The summed E-state index contributed by atoms with van der Waals surface area (Å²) in [6, 6.07) is 3.75. The van der Waals surface area contributed by atoms with E-state index < -0.39 is 6.10 Å². The van der Waals surface area contributed by atoms with Crippen LogP contribution in [0.5, 0.6) is 5.88 Å². The summed E-state index contributed by atoms with van der Waals surface area (Å²) in [6.07, 6.45) is 3.50. The Hall–Kier alpha value is -2.15. The molecule has 1 aliphatic carbocycles. The number of rotatable bonds is 4. The van der Waals surface area contributed by atoms with Gasteiger partial charge in [0, 0.05) is 18.8 Å². The largest absolute Gasteiger partial charge is 0.481 e. The van der Waals surface area contributed by atoms with E-state index in [9.17, 15) is 5.11 Å². The molecule has 0 saturated heterocycles. The summed E-state index contributed by atoms with van der Waals surface area (Å²) in [5.74, 6) is 1.62. The van der Waals surface area contributed by atoms with E-state index in [0.29, 0.717) is 24.3 Å². The van der Waals surface area contributed by atoms with E-state index in [-0.39, 0.29) is 0 Å². The van der Waals surface area contributed by atoms with Crippen LogP contribution in [0, 0.1) is 5.92 Å². The third kappa shape index (κ3) is 2.41. The Labute approximate surface area is 128 Å². The van der Waals surface area contributed by atoms with Crippen LogP contribution in [0.1, 0.15) is 30.3 Å². The zero-order valence-corrected chi connectivity index (χ0v) is 12.5. The maximum absolute atomic E-state index is 10.2. The first-order chi connectivity index (χ1) is 10.7. The number of aliphatic hydroxyl groups excluding tert-OH is 1. The second-order valence-electron chi connectivity index (χ2n) is 5.89. The number of methoxy groups -OCH3 is 1. The fourth-order valence-corrected chi connectivity index (χ4v) is 2.86. The zero-order valence-electron chi connectivity index (χ0n) is 12.5. The third-order valence-corrected chi connectivity index (χ3v) is 4.30. The monoisotopic (exact) mass is 301 g/mol. The van der Waals surface area contributed by atoms with Gasteiger partial charge in [-0.15, -0.1) is 0 Å². The Bertz CT molecular complexity index is 682. The highest BCUT2D eigenvalue weighted by Gasteiger charge is 2.33. The lowest BCUT2D eigenvalue weighted by atomic mass is 10.1. The van der Waals surface area contributed by atoms with E-state index in [4.69, 9.17) is 4.74 Å². The van der Waals surface area contributed by atoms with Gasteiger partial charge in [-0.25, -0.2) is 4.98 Å². The van der Waals surface area contributed by atoms with Crippen molar-refractivity contribution in [3.05, 3.63) is 29.7 Å². The van der Waals surface area contributed by atoms with E-state index in [1.54, 1.807) is 19.4 Å². The average molecular weight is 301 g/mol. The molecule has 1 aliphatic heterocycles. The number of aromatic nitrogens is 4. The second-order valence-corrected chi connectivity index (χ2v) is 5.89. The van der Waals surface area contributed by atoms with Crippen molar-refractivity contribution in [3.63, 3.8) is 0 Å². The van der Waals surface area contributed by atoms with Gasteiger partial charge in [0.1, 0.15) is 6.10 Å². The van der Waals surface area contributed by atoms with E-state index in [2.05, 4.69) is 20.0 Å². The minimum absolute atomic E-state index is 0.398. The maximum atomic E-state index is 10.2. The Balaban J connectivity index is 1.55. The van der Waals surface area contributed by atoms with Crippen molar-refractivity contribution in [1.29, 1.82) is 0 Å². The second kappa shape index (κ2) is 5.24. The van der Waals surface area contributed by atoms with Gasteiger partial charge in [-0.2, -0.15) is 10.1 Å². The molecule has 3 heterocycles. The fourth-order valence-electron chi connectivity index (χ4n) is 2.86. The highest BCUT2D eigenvalue weighted by atomic mass is 16.5. The molecule has 2 aliphatic rings. The van der Waals surface area contributed by atoms with Gasteiger partial charge in [-0.3, -0.25) is 4.68 Å². The number of nitrogens with zero attached hydrogens (tertiary/aromatic N) is 5. The molecule has 0 amide bonds. The summed E-state index contributed by atoms with van der Waals surface area (Å²) < 4.78 is 7.14. The molecule has 0 aromatic carbocycles. The van der Waals surface area contributed by atoms with Crippen molar-refractivity contribution in [2.45, 2.75) is 32.0 Å². The first-order valence-corrected chi connectivity index (χ1v) is 7.61. The van der Waals surface area contributed by atoms with Crippen LogP contribution in [0.25, 0.3) is 0 Å². The molecule has 1 atom stereocenters. The highest BCUT2D eigenvalue weighted by molar-refractivity contribution is 5.34. The predicted octanol–water partition coefficient (Wildman–Crippen LogP) is 1.15. The molecule has 0 unspecified atom stereocenters. The molecular formula is C15H19N5O2. The number of hydrogen-bond donors (Lipinski definition) is 1. The molecule has 0 bridgehead atoms. The number of aliphatic hydroxyl groups is 1. The van der Waals surface area contributed by atoms with Gasteiger partial charge in [0.15, 0.2) is 0 Å². The first-order valence-electron chi connectivity index (χ1n) is 7.61. The Morgan fingerprint density at radius 2 is 2.23 bits per heavy atom. The Morgan fingerprint density at radius 3 is 3.00 bits per heavy atom. The van der Waals surface area contributed by atoms with Gasteiger partial charge in [-0.05, 0) is 24.8 Å². The van der Waals surface area contributed by atoms with Crippen LogP contribution >= 0.6 is 0 Å². The third-order valence-electron chi connectivity index (χ3n) is 4.30. The highest BCUT2D eigenvalue weighted by Crippen LogP contribution is 2.40. The molecule has 1 saturated carbocycles. The predicted molar refractivity (Wildman–Crippen MR) is 79.5 cm³/mol. The van der Waals surface area contributed by atoms with Crippen LogP contribution in [0.4, 0.5) is 5.95 Å². The average Bonchev–Trinajstić information content (AvgIpc) is 3.32. The molecule has 2 aromatic rings. The Kier molecular flexibility index (Phi) is 3.22. The van der Waals surface area contributed by atoms with E-state index in [1.807, 2.05) is 10.7 Å². The Morgan fingerprint density at radius 1 is 1.36 bits per heavy atom. The lowest BCUT2D eigenvalue weighted by Crippen LogP contribution is -2.34. The van der Waals surface area contributed by atoms with Crippen molar-refractivity contribution in [3.8, 4) is 5.88 Å². The SMILES string of the molecule is COc1ccnc(N2CCn3nc([C@@H](O)C4CC4)cc3C2)n1. The molecule has 1 fully saturated rings. The number of fused-ring (bicyclic) bond motifs is 1. The summed E-state index contributed by atoms with van der Waals surface area (Å²) in [6.45, 7) is 2.26. The molecule has 1 N–H and O–H groups in total. The van der Waals surface area contributed by atoms with Crippen molar-refractivity contribution in [2.75, 3.05) is 18.6 Å². The van der Waals surface area contributed by atoms with Gasteiger partial charge >= 0.3 is 0 Å². The van der Waals surface area contributed by atoms with Gasteiger partial charge in [-0.1, -0.05) is 0 Å². The van der Waals surface area contributed by atoms with Crippen LogP contribution < -0.4 is 9.64 Å². The molecule has 0 spiro atoms. The summed E-state index contributed by atoms with van der Waals surface area (Å²) in [5.41, 5.74) is 1.89. The lowest BCUT2D eigenvalue weighted by molar-refractivity contribution is 0.148. The van der Waals surface area contributed by atoms with Gasteiger partial charge < -0.3 is 14.7 Å². The topological polar surface area (TPSA) is 76.3 Å². The van der Waals surface area contributed by atoms with Crippen molar-refractivity contribution < 1.29 is 9.84 Å². The molecular weight excluding hydrogens is 282 g/mol. The molecule has 0 radical (unpaired) electrons. The molecule has 4 rings (SSSR count). The van der Waals surface area contributed by atoms with Crippen LogP contribution in [0.2, 0.25) is 0 Å². The summed E-state index contributed by atoms with van der Waals surface area (Å²) in [4.78, 5) is 10.8. The summed E-state index contributed by atoms with van der Waals surface area (Å²) in [7, 11) is 1.60. The molecule has 7 nitrogen and oxygen atoms in total. The number of anilines is 1. The van der Waals surface area contributed by atoms with Crippen molar-refractivity contribution in [2.24, 2.45) is 5.92 Å². The lowest BCUT2D eigenvalue weighted by Gasteiger charge is -2.27. The van der Waals surface area contributed by atoms with E-state index in [0.717, 1.165) is 37.3 Å². The van der Waals surface area contributed by atoms with Gasteiger partial charge in [0.25, 0.3) is 0 Å². The molecule has 22 heavy (non-hydrogen) atoms. The van der Waals surface area contributed by atoms with Gasteiger partial charge in [0.05, 0.1) is 31.6 Å². The minimum Gasteiger partial charge on any atom is -0.481 e. The molecule has 116 valence electrons.